The van der Waals surface area contributed by atoms with Gasteiger partial charge in [-0.25, -0.2) is 0 Å². The van der Waals surface area contributed by atoms with E-state index < -0.39 is 10.5 Å². The summed E-state index contributed by atoms with van der Waals surface area (Å²) >= 11 is 0. The Balaban J connectivity index is 2.42. The first-order chi connectivity index (χ1) is 9.37. The molecule has 0 aliphatic heterocycles. The van der Waals surface area contributed by atoms with Crippen LogP contribution in [-0.4, -0.2) is 22.0 Å². The van der Waals surface area contributed by atoms with Gasteiger partial charge in [0.1, 0.15) is 0 Å². The van der Waals surface area contributed by atoms with Crippen LogP contribution in [0.4, 0.5) is 11.7 Å². The van der Waals surface area contributed by atoms with Crippen molar-refractivity contribution in [1.82, 2.24) is 4.98 Å². The molecule has 2 rings (SSSR count). The highest BCUT2D eigenvalue weighted by atomic mass is 16.6. The van der Waals surface area contributed by atoms with Gasteiger partial charge in [-0.15, -0.1) is 0 Å². The summed E-state index contributed by atoms with van der Waals surface area (Å²) in [5.74, 6) is 0.248. The molecule has 7 nitrogen and oxygen atoms in total. The molecule has 0 spiro atoms. The number of anilines is 1. The van der Waals surface area contributed by atoms with E-state index in [4.69, 9.17) is 10.2 Å². The van der Waals surface area contributed by atoms with Gasteiger partial charge in [0.05, 0.1) is 10.5 Å². The molecule has 0 fully saturated rings. The number of oxazole rings is 1. The summed E-state index contributed by atoms with van der Waals surface area (Å²) in [6.45, 7) is 6.42. The number of benzene rings is 1. The summed E-state index contributed by atoms with van der Waals surface area (Å²) < 4.78 is 5.52. The first-order valence-electron chi connectivity index (χ1n) is 6.39. The van der Waals surface area contributed by atoms with Crippen LogP contribution < -0.4 is 11.1 Å². The zero-order valence-electron chi connectivity index (χ0n) is 11.7. The maximum Gasteiger partial charge on any atom is 0.298 e. The summed E-state index contributed by atoms with van der Waals surface area (Å²) in [5, 5.41) is 14.1. The van der Waals surface area contributed by atoms with Crippen LogP contribution in [0.3, 0.4) is 0 Å². The van der Waals surface area contributed by atoms with Gasteiger partial charge in [-0.1, -0.05) is 19.9 Å². The van der Waals surface area contributed by atoms with Gasteiger partial charge in [-0.3, -0.25) is 10.1 Å². The molecule has 3 N–H and O–H groups in total. The van der Waals surface area contributed by atoms with Crippen LogP contribution in [-0.2, 0) is 0 Å². The monoisotopic (exact) mass is 278 g/mol. The number of non-ortho nitro benzene ring substituents is 1. The summed E-state index contributed by atoms with van der Waals surface area (Å²) in [7, 11) is 0. The lowest BCUT2D eigenvalue weighted by molar-refractivity contribution is -0.383. The number of nitro groups is 1. The molecule has 0 amide bonds. The molecule has 0 saturated carbocycles. The summed E-state index contributed by atoms with van der Waals surface area (Å²) in [5.41, 5.74) is 5.94. The Labute approximate surface area is 116 Å². The molecule has 1 aromatic carbocycles. The fourth-order valence-electron chi connectivity index (χ4n) is 1.81. The van der Waals surface area contributed by atoms with Gasteiger partial charge in [0, 0.05) is 12.6 Å². The van der Waals surface area contributed by atoms with E-state index in [-0.39, 0.29) is 23.1 Å². The molecule has 0 aliphatic rings. The number of aromatic nitrogens is 1. The molecule has 1 aromatic heterocycles. The SMILES string of the molecule is CC(C)C(C)(CN)Nc1nc2c([N+](=O)[O-])cccc2o1. The van der Waals surface area contributed by atoms with Gasteiger partial charge in [-0.05, 0) is 18.9 Å². The summed E-state index contributed by atoms with van der Waals surface area (Å²) in [4.78, 5) is 14.7. The van der Waals surface area contributed by atoms with E-state index in [2.05, 4.69) is 10.3 Å². The Hall–Kier alpha value is -2.15. The van der Waals surface area contributed by atoms with Crippen molar-refractivity contribution in [2.45, 2.75) is 26.3 Å². The number of hydrogen-bond donors (Lipinski definition) is 2. The minimum atomic E-state index is -0.473. The van der Waals surface area contributed by atoms with Gasteiger partial charge < -0.3 is 15.5 Å². The smallest absolute Gasteiger partial charge is 0.298 e. The van der Waals surface area contributed by atoms with Crippen molar-refractivity contribution in [3.05, 3.63) is 28.3 Å². The lowest BCUT2D eigenvalue weighted by atomic mass is 9.89. The van der Waals surface area contributed by atoms with Gasteiger partial charge in [0.2, 0.25) is 0 Å². The van der Waals surface area contributed by atoms with E-state index in [9.17, 15) is 10.1 Å². The van der Waals surface area contributed by atoms with Crippen molar-refractivity contribution in [3.63, 3.8) is 0 Å². The van der Waals surface area contributed by atoms with Crippen LogP contribution in [0.5, 0.6) is 0 Å². The molecule has 2 aromatic rings. The second-order valence-electron chi connectivity index (χ2n) is 5.30. The van der Waals surface area contributed by atoms with Crippen molar-refractivity contribution in [2.75, 3.05) is 11.9 Å². The van der Waals surface area contributed by atoms with Crippen LogP contribution in [0.25, 0.3) is 11.1 Å². The van der Waals surface area contributed by atoms with Gasteiger partial charge >= 0.3 is 0 Å². The topological polar surface area (TPSA) is 107 Å². The van der Waals surface area contributed by atoms with E-state index in [1.807, 2.05) is 20.8 Å². The van der Waals surface area contributed by atoms with E-state index in [0.29, 0.717) is 12.1 Å². The summed E-state index contributed by atoms with van der Waals surface area (Å²) in [6, 6.07) is 4.87. The zero-order valence-corrected chi connectivity index (χ0v) is 11.7. The molecular weight excluding hydrogens is 260 g/mol. The third-order valence-electron chi connectivity index (χ3n) is 3.69. The molecule has 7 heteroatoms. The van der Waals surface area contributed by atoms with Crippen molar-refractivity contribution in [1.29, 1.82) is 0 Å². The minimum Gasteiger partial charge on any atom is -0.423 e. The Morgan fingerprint density at radius 3 is 2.80 bits per heavy atom. The summed E-state index contributed by atoms with van der Waals surface area (Å²) in [6.07, 6.45) is 0. The molecule has 0 bridgehead atoms. The van der Waals surface area contributed by atoms with Crippen molar-refractivity contribution in [3.8, 4) is 0 Å². The number of rotatable bonds is 5. The molecule has 0 radical (unpaired) electrons. The quantitative estimate of drug-likeness (QED) is 0.642. The second kappa shape index (κ2) is 5.09. The van der Waals surface area contributed by atoms with Crippen LogP contribution >= 0.6 is 0 Å². The Kier molecular flexibility index (Phi) is 3.63. The Bertz CT molecular complexity index is 638. The van der Waals surface area contributed by atoms with E-state index >= 15 is 0 Å². The van der Waals surface area contributed by atoms with Crippen LogP contribution in [0.1, 0.15) is 20.8 Å². The zero-order chi connectivity index (χ0) is 14.9. The second-order valence-corrected chi connectivity index (χ2v) is 5.30. The number of nitrogens with two attached hydrogens (primary N) is 1. The predicted octanol–water partition coefficient (Wildman–Crippen LogP) is 2.52. The molecule has 0 aliphatic carbocycles. The fourth-order valence-corrected chi connectivity index (χ4v) is 1.81. The highest BCUT2D eigenvalue weighted by molar-refractivity contribution is 5.84. The molecule has 1 unspecified atom stereocenters. The van der Waals surface area contributed by atoms with Crippen molar-refractivity contribution in [2.24, 2.45) is 11.7 Å². The van der Waals surface area contributed by atoms with Crippen molar-refractivity contribution >= 4 is 22.8 Å². The van der Waals surface area contributed by atoms with Crippen LogP contribution in [0.2, 0.25) is 0 Å². The fraction of sp³-hybridized carbons (Fsp3) is 0.462. The molecule has 1 heterocycles. The third-order valence-corrected chi connectivity index (χ3v) is 3.69. The molecule has 20 heavy (non-hydrogen) atoms. The first-order valence-corrected chi connectivity index (χ1v) is 6.39. The molecular formula is C13H18N4O3. The lowest BCUT2D eigenvalue weighted by Crippen LogP contribution is -2.47. The normalized spacial score (nSPS) is 14.4. The van der Waals surface area contributed by atoms with E-state index in [0.717, 1.165) is 0 Å². The Morgan fingerprint density at radius 1 is 1.55 bits per heavy atom. The largest absolute Gasteiger partial charge is 0.423 e. The number of para-hydroxylation sites is 1. The first kappa shape index (κ1) is 14.3. The molecule has 108 valence electrons. The van der Waals surface area contributed by atoms with E-state index in [1.165, 1.54) is 6.07 Å². The predicted molar refractivity (Wildman–Crippen MR) is 76.6 cm³/mol. The molecule has 0 saturated heterocycles. The lowest BCUT2D eigenvalue weighted by Gasteiger charge is -2.32. The van der Waals surface area contributed by atoms with Crippen LogP contribution in [0.15, 0.2) is 22.6 Å². The van der Waals surface area contributed by atoms with Gasteiger partial charge in [0.15, 0.2) is 11.1 Å². The third kappa shape index (κ3) is 2.44. The average Bonchev–Trinajstić information content (AvgIpc) is 2.79. The highest BCUT2D eigenvalue weighted by Crippen LogP contribution is 2.29. The van der Waals surface area contributed by atoms with Gasteiger partial charge in [0.25, 0.3) is 11.7 Å². The minimum absolute atomic E-state index is 0.0710. The maximum absolute atomic E-state index is 11.0. The average molecular weight is 278 g/mol. The number of nitro benzene ring substituents is 1. The molecule has 1 atom stereocenters. The maximum atomic E-state index is 11.0. The number of nitrogens with zero attached hydrogens (tertiary/aromatic N) is 2. The van der Waals surface area contributed by atoms with Gasteiger partial charge in [-0.2, -0.15) is 4.98 Å². The number of nitrogens with one attached hydrogen (secondary N) is 1. The van der Waals surface area contributed by atoms with Crippen molar-refractivity contribution < 1.29 is 9.34 Å². The Morgan fingerprint density at radius 2 is 2.25 bits per heavy atom. The highest BCUT2D eigenvalue weighted by Gasteiger charge is 2.29. The standard InChI is InChI=1S/C13H18N4O3/c1-8(2)13(3,7-14)16-12-15-11-9(17(18)19)5-4-6-10(11)20-12/h4-6,8H,7,14H2,1-3H3,(H,15,16). The van der Waals surface area contributed by atoms with E-state index in [1.54, 1.807) is 12.1 Å². The number of fused-ring (bicyclic) bond motifs is 1. The van der Waals surface area contributed by atoms with Crippen LogP contribution in [0, 0.1) is 16.0 Å². The number of hydrogen-bond acceptors (Lipinski definition) is 6.